The lowest BCUT2D eigenvalue weighted by Crippen LogP contribution is -2.52. The molecule has 2 rings (SSSR count). The third-order valence-electron chi connectivity index (χ3n) is 3.38. The summed E-state index contributed by atoms with van der Waals surface area (Å²) >= 11 is 11.8. The van der Waals surface area contributed by atoms with E-state index in [0.717, 1.165) is 0 Å². The van der Waals surface area contributed by atoms with Gasteiger partial charge in [-0.25, -0.2) is 0 Å². The Hall–Kier alpha value is -1.79. The van der Waals surface area contributed by atoms with Crippen molar-refractivity contribution in [2.75, 3.05) is 31.5 Å². The number of amides is 3. The van der Waals surface area contributed by atoms with Crippen LogP contribution in [0.3, 0.4) is 0 Å². The fraction of sp³-hybridized carbons (Fsp3) is 0.357. The topological polar surface area (TPSA) is 69.7 Å². The van der Waals surface area contributed by atoms with E-state index >= 15 is 0 Å². The zero-order chi connectivity index (χ0) is 16.3. The number of nitrogens with one attached hydrogen (secondary N) is 1. The quantitative estimate of drug-likeness (QED) is 0.787. The zero-order valence-electron chi connectivity index (χ0n) is 11.9. The molecule has 118 valence electrons. The molecule has 0 aliphatic carbocycles. The molecule has 0 aromatic heterocycles. The van der Waals surface area contributed by atoms with E-state index in [0.29, 0.717) is 36.2 Å². The van der Waals surface area contributed by atoms with Crippen molar-refractivity contribution < 1.29 is 14.4 Å². The van der Waals surface area contributed by atoms with Crippen LogP contribution in [0.2, 0.25) is 10.0 Å². The van der Waals surface area contributed by atoms with Gasteiger partial charge in [-0.1, -0.05) is 23.2 Å². The molecule has 1 N–H and O–H groups in total. The van der Waals surface area contributed by atoms with Gasteiger partial charge in [-0.3, -0.25) is 14.4 Å². The van der Waals surface area contributed by atoms with E-state index in [-0.39, 0.29) is 11.6 Å². The molecule has 0 radical (unpaired) electrons. The van der Waals surface area contributed by atoms with Gasteiger partial charge in [0.15, 0.2) is 0 Å². The Balaban J connectivity index is 1.97. The average molecular weight is 344 g/mol. The van der Waals surface area contributed by atoms with Gasteiger partial charge in [0.25, 0.3) is 0 Å². The lowest BCUT2D eigenvalue weighted by molar-refractivity contribution is -0.145. The Kier molecular flexibility index (Phi) is 5.26. The van der Waals surface area contributed by atoms with Crippen molar-refractivity contribution in [3.05, 3.63) is 28.2 Å². The van der Waals surface area contributed by atoms with E-state index in [2.05, 4.69) is 5.32 Å². The Labute approximate surface area is 138 Å². The average Bonchev–Trinajstić information content (AvgIpc) is 2.50. The molecule has 6 nitrogen and oxygen atoms in total. The Morgan fingerprint density at radius 1 is 1.05 bits per heavy atom. The molecule has 1 aliphatic rings. The monoisotopic (exact) mass is 343 g/mol. The third-order valence-corrected chi connectivity index (χ3v) is 3.95. The molecule has 22 heavy (non-hydrogen) atoms. The summed E-state index contributed by atoms with van der Waals surface area (Å²) in [5.74, 6) is -1.47. The highest BCUT2D eigenvalue weighted by atomic mass is 35.5. The second kappa shape index (κ2) is 6.98. The summed E-state index contributed by atoms with van der Waals surface area (Å²) in [6.45, 7) is 2.98. The second-order valence-corrected chi connectivity index (χ2v) is 5.72. The Morgan fingerprint density at radius 3 is 2.23 bits per heavy atom. The van der Waals surface area contributed by atoms with Crippen molar-refractivity contribution in [2.45, 2.75) is 6.92 Å². The smallest absolute Gasteiger partial charge is 0.313 e. The summed E-state index contributed by atoms with van der Waals surface area (Å²) in [6, 6.07) is 4.60. The number of benzene rings is 1. The minimum absolute atomic E-state index is 0.0396. The molecule has 1 fully saturated rings. The van der Waals surface area contributed by atoms with Crippen molar-refractivity contribution in [1.82, 2.24) is 9.80 Å². The molecule has 1 aromatic rings. The van der Waals surface area contributed by atoms with Crippen LogP contribution in [0.5, 0.6) is 0 Å². The Morgan fingerprint density at radius 2 is 1.64 bits per heavy atom. The van der Waals surface area contributed by atoms with Gasteiger partial charge in [0.1, 0.15) is 0 Å². The molecule has 1 aliphatic heterocycles. The van der Waals surface area contributed by atoms with E-state index < -0.39 is 11.8 Å². The summed E-state index contributed by atoms with van der Waals surface area (Å²) in [7, 11) is 0. The number of carbonyl (C=O) groups is 3. The maximum atomic E-state index is 12.1. The highest BCUT2D eigenvalue weighted by Gasteiger charge is 2.27. The second-order valence-electron chi connectivity index (χ2n) is 4.88. The first kappa shape index (κ1) is 16.6. The van der Waals surface area contributed by atoms with Gasteiger partial charge in [-0.05, 0) is 18.2 Å². The van der Waals surface area contributed by atoms with Gasteiger partial charge in [0.2, 0.25) is 5.91 Å². The molecule has 8 heteroatoms. The minimum atomic E-state index is -0.777. The molecule has 1 aromatic carbocycles. The summed E-state index contributed by atoms with van der Waals surface area (Å²) in [5, 5.41) is 3.16. The van der Waals surface area contributed by atoms with Crippen LogP contribution < -0.4 is 5.32 Å². The number of halogens is 2. The predicted octanol–water partition coefficient (Wildman–Crippen LogP) is 1.62. The first-order valence-electron chi connectivity index (χ1n) is 6.69. The lowest BCUT2D eigenvalue weighted by Gasteiger charge is -2.33. The first-order chi connectivity index (χ1) is 10.4. The van der Waals surface area contributed by atoms with Crippen molar-refractivity contribution in [3.8, 4) is 0 Å². The molecular weight excluding hydrogens is 329 g/mol. The van der Waals surface area contributed by atoms with Gasteiger partial charge < -0.3 is 15.1 Å². The van der Waals surface area contributed by atoms with Crippen LogP contribution in [0, 0.1) is 0 Å². The van der Waals surface area contributed by atoms with Gasteiger partial charge in [-0.2, -0.15) is 0 Å². The maximum Gasteiger partial charge on any atom is 0.313 e. The number of hydrogen-bond acceptors (Lipinski definition) is 3. The van der Waals surface area contributed by atoms with E-state index in [1.54, 1.807) is 11.0 Å². The predicted molar refractivity (Wildman–Crippen MR) is 83.9 cm³/mol. The number of rotatable bonds is 1. The van der Waals surface area contributed by atoms with Crippen LogP contribution >= 0.6 is 23.2 Å². The molecule has 1 heterocycles. The summed E-state index contributed by atoms with van der Waals surface area (Å²) in [5.41, 5.74) is 0.287. The molecule has 0 spiro atoms. The number of hydrogen-bond donors (Lipinski definition) is 1. The number of carbonyl (C=O) groups excluding carboxylic acids is 3. The minimum Gasteiger partial charge on any atom is -0.339 e. The summed E-state index contributed by atoms with van der Waals surface area (Å²) < 4.78 is 0. The largest absolute Gasteiger partial charge is 0.339 e. The number of anilines is 1. The maximum absolute atomic E-state index is 12.1. The van der Waals surface area contributed by atoms with Crippen LogP contribution in [-0.4, -0.2) is 53.7 Å². The molecule has 0 bridgehead atoms. The van der Waals surface area contributed by atoms with Crippen molar-refractivity contribution >= 4 is 46.6 Å². The molecular formula is C14H15Cl2N3O3. The number of piperazine rings is 1. The van der Waals surface area contributed by atoms with Gasteiger partial charge >= 0.3 is 11.8 Å². The van der Waals surface area contributed by atoms with Crippen LogP contribution in [0.15, 0.2) is 18.2 Å². The highest BCUT2D eigenvalue weighted by molar-refractivity contribution is 6.42. The van der Waals surface area contributed by atoms with Crippen LogP contribution in [0.4, 0.5) is 5.69 Å². The number of nitrogens with zero attached hydrogens (tertiary/aromatic N) is 2. The highest BCUT2D eigenvalue weighted by Crippen LogP contribution is 2.25. The summed E-state index contributed by atoms with van der Waals surface area (Å²) in [4.78, 5) is 38.4. The van der Waals surface area contributed by atoms with E-state index in [4.69, 9.17) is 23.2 Å². The van der Waals surface area contributed by atoms with Gasteiger partial charge in [0, 0.05) is 38.1 Å². The van der Waals surface area contributed by atoms with Crippen molar-refractivity contribution in [1.29, 1.82) is 0 Å². The molecule has 3 amide bonds. The van der Waals surface area contributed by atoms with Crippen LogP contribution in [-0.2, 0) is 14.4 Å². The van der Waals surface area contributed by atoms with Gasteiger partial charge in [0.05, 0.1) is 10.7 Å². The third kappa shape index (κ3) is 3.90. The first-order valence-corrected chi connectivity index (χ1v) is 7.45. The van der Waals surface area contributed by atoms with Crippen LogP contribution in [0.1, 0.15) is 6.92 Å². The fourth-order valence-electron chi connectivity index (χ4n) is 2.14. The normalized spacial score (nSPS) is 14.7. The molecule has 0 atom stereocenters. The van der Waals surface area contributed by atoms with Crippen molar-refractivity contribution in [3.63, 3.8) is 0 Å². The molecule has 1 saturated heterocycles. The van der Waals surface area contributed by atoms with E-state index in [1.165, 1.54) is 24.0 Å². The van der Waals surface area contributed by atoms with E-state index in [1.807, 2.05) is 0 Å². The standard InChI is InChI=1S/C14H15Cl2N3O3/c1-9(20)18-4-6-19(7-5-18)14(22)13(21)17-12-8-10(15)2-3-11(12)16/h2-3,8H,4-7H2,1H3,(H,17,21). The van der Waals surface area contributed by atoms with Gasteiger partial charge in [-0.15, -0.1) is 0 Å². The fourth-order valence-corrected chi connectivity index (χ4v) is 2.47. The molecule has 0 unspecified atom stereocenters. The van der Waals surface area contributed by atoms with E-state index in [9.17, 15) is 14.4 Å². The van der Waals surface area contributed by atoms with Crippen molar-refractivity contribution in [2.24, 2.45) is 0 Å². The zero-order valence-corrected chi connectivity index (χ0v) is 13.4. The Bertz CT molecular complexity index is 613. The summed E-state index contributed by atoms with van der Waals surface area (Å²) in [6.07, 6.45) is 0. The van der Waals surface area contributed by atoms with Crippen LogP contribution in [0.25, 0.3) is 0 Å². The lowest BCUT2D eigenvalue weighted by atomic mass is 10.3. The molecule has 0 saturated carbocycles. The SMILES string of the molecule is CC(=O)N1CCN(C(=O)C(=O)Nc2cc(Cl)ccc2Cl)CC1.